The summed E-state index contributed by atoms with van der Waals surface area (Å²) < 4.78 is 0. The molecule has 0 amide bonds. The van der Waals surface area contributed by atoms with Crippen molar-refractivity contribution in [2.75, 3.05) is 0 Å². The van der Waals surface area contributed by atoms with Crippen LogP contribution in [-0.4, -0.2) is 8.07 Å². The zero-order valence-electron chi connectivity index (χ0n) is 15.8. The highest BCUT2D eigenvalue weighted by atomic mass is 28.3. The van der Waals surface area contributed by atoms with E-state index in [2.05, 4.69) is 78.9 Å². The summed E-state index contributed by atoms with van der Waals surface area (Å²) in [4.78, 5) is 0. The van der Waals surface area contributed by atoms with Crippen LogP contribution in [0.5, 0.6) is 0 Å². The Bertz CT molecular complexity index is 550. The van der Waals surface area contributed by atoms with E-state index in [0.29, 0.717) is 23.7 Å². The highest BCUT2D eigenvalue weighted by molar-refractivity contribution is 6.91. The molecule has 0 N–H and O–H groups in total. The van der Waals surface area contributed by atoms with Crippen molar-refractivity contribution in [3.05, 3.63) is 45.8 Å². The van der Waals surface area contributed by atoms with Crippen molar-refractivity contribution < 1.29 is 0 Å². The van der Waals surface area contributed by atoms with Gasteiger partial charge in [-0.3, -0.25) is 0 Å². The van der Waals surface area contributed by atoms with E-state index in [9.17, 15) is 0 Å². The Morgan fingerprint density at radius 1 is 1.00 bits per heavy atom. The third-order valence-electron chi connectivity index (χ3n) is 5.50. The summed E-state index contributed by atoms with van der Waals surface area (Å²) in [7, 11) is -1.55. The minimum atomic E-state index is -1.55. The lowest BCUT2D eigenvalue weighted by Gasteiger charge is -2.34. The molecular weight excluding hydrogens is 280 g/mol. The molecule has 0 spiro atoms. The average Bonchev–Trinajstić information content (AvgIpc) is 3.06. The van der Waals surface area contributed by atoms with Crippen LogP contribution in [0.1, 0.15) is 48.0 Å². The van der Waals surface area contributed by atoms with E-state index in [4.69, 9.17) is 0 Å². The fraction of sp³-hybridized carbons (Fsp3) is 0.619. The normalized spacial score (nSPS) is 22.4. The Labute approximate surface area is 139 Å². The Hall–Kier alpha value is -0.823. The number of hydrogen-bond acceptors (Lipinski definition) is 0. The maximum absolute atomic E-state index is 2.58. The first-order valence-corrected chi connectivity index (χ1v) is 12.0. The molecule has 0 aromatic carbocycles. The van der Waals surface area contributed by atoms with Crippen molar-refractivity contribution in [2.45, 2.75) is 61.1 Å². The van der Waals surface area contributed by atoms with Gasteiger partial charge in [0.15, 0.2) is 0 Å². The van der Waals surface area contributed by atoms with Gasteiger partial charge in [-0.2, -0.15) is 0 Å². The van der Waals surface area contributed by atoms with Crippen LogP contribution in [-0.2, 0) is 0 Å². The first kappa shape index (κ1) is 17.5. The minimum absolute atomic E-state index is 0.642. The van der Waals surface area contributed by atoms with Crippen LogP contribution in [0.25, 0.3) is 0 Å². The molecule has 0 nitrogen and oxygen atoms in total. The highest BCUT2D eigenvalue weighted by Gasteiger charge is 2.39. The molecule has 0 fully saturated rings. The molecule has 2 aliphatic rings. The summed E-state index contributed by atoms with van der Waals surface area (Å²) >= 11 is 0. The van der Waals surface area contributed by atoms with Crippen LogP contribution in [0.2, 0.25) is 13.1 Å². The SMILES string of the molecule is CC(C)C1=CC(C(C)C)C([Si](C)(C)C2=C(C(C)C)C=CC2)=C1. The molecular formula is C21H34Si. The van der Waals surface area contributed by atoms with E-state index in [0.717, 1.165) is 0 Å². The molecule has 1 unspecified atom stereocenters. The summed E-state index contributed by atoms with van der Waals surface area (Å²) in [6, 6.07) is 0. The van der Waals surface area contributed by atoms with Crippen molar-refractivity contribution in [1.29, 1.82) is 0 Å². The monoisotopic (exact) mass is 314 g/mol. The number of hydrogen-bond donors (Lipinski definition) is 0. The second-order valence-electron chi connectivity index (χ2n) is 8.51. The van der Waals surface area contributed by atoms with Gasteiger partial charge < -0.3 is 0 Å². The molecule has 0 radical (unpaired) electrons. The highest BCUT2D eigenvalue weighted by Crippen LogP contribution is 2.44. The van der Waals surface area contributed by atoms with E-state index < -0.39 is 8.07 Å². The van der Waals surface area contributed by atoms with Crippen molar-refractivity contribution in [1.82, 2.24) is 0 Å². The molecule has 0 bridgehead atoms. The third-order valence-corrected chi connectivity index (χ3v) is 9.43. The standard InChI is InChI=1S/C21H34Si/c1-14(2)17-12-19(16(5)6)21(13-17)22(7,8)20-11-9-10-18(20)15(3)4/h9-10,12-16,19H,11H2,1-8H3. The molecule has 122 valence electrons. The Kier molecular flexibility index (Phi) is 5.06. The maximum atomic E-state index is 2.58. The van der Waals surface area contributed by atoms with Gasteiger partial charge in [-0.15, -0.1) is 0 Å². The van der Waals surface area contributed by atoms with Gasteiger partial charge in [-0.1, -0.05) is 89.3 Å². The minimum Gasteiger partial charge on any atom is -0.0806 e. The smallest absolute Gasteiger partial charge is 0.0806 e. The van der Waals surface area contributed by atoms with Crippen LogP contribution in [0, 0.1) is 23.7 Å². The van der Waals surface area contributed by atoms with Crippen molar-refractivity contribution >= 4 is 8.07 Å². The first-order valence-electron chi connectivity index (χ1n) is 9.00. The summed E-state index contributed by atoms with van der Waals surface area (Å²) in [5.41, 5.74) is 3.19. The lowest BCUT2D eigenvalue weighted by atomic mass is 9.96. The average molecular weight is 315 g/mol. The van der Waals surface area contributed by atoms with Gasteiger partial charge in [0.05, 0.1) is 0 Å². The maximum Gasteiger partial charge on any atom is 0.104 e. The molecule has 0 aromatic heterocycles. The summed E-state index contributed by atoms with van der Waals surface area (Å²) in [5.74, 6) is 2.65. The van der Waals surface area contributed by atoms with E-state index in [1.165, 1.54) is 6.42 Å². The molecule has 0 aliphatic heterocycles. The Morgan fingerprint density at radius 3 is 2.14 bits per heavy atom. The summed E-state index contributed by atoms with van der Waals surface area (Å²) in [5, 5.41) is 3.54. The number of rotatable bonds is 5. The van der Waals surface area contributed by atoms with Crippen LogP contribution >= 0.6 is 0 Å². The third kappa shape index (κ3) is 3.10. The lowest BCUT2D eigenvalue weighted by molar-refractivity contribution is 0.542. The molecule has 0 aromatic rings. The predicted octanol–water partition coefficient (Wildman–Crippen LogP) is 6.48. The fourth-order valence-corrected chi connectivity index (χ4v) is 7.83. The van der Waals surface area contributed by atoms with Crippen LogP contribution < -0.4 is 0 Å². The van der Waals surface area contributed by atoms with Crippen molar-refractivity contribution in [2.24, 2.45) is 23.7 Å². The van der Waals surface area contributed by atoms with Crippen molar-refractivity contribution in [3.8, 4) is 0 Å². The largest absolute Gasteiger partial charge is 0.104 e. The topological polar surface area (TPSA) is 0 Å². The van der Waals surface area contributed by atoms with Crippen LogP contribution in [0.4, 0.5) is 0 Å². The van der Waals surface area contributed by atoms with Gasteiger partial charge in [-0.25, -0.2) is 0 Å². The van der Waals surface area contributed by atoms with E-state index in [1.807, 2.05) is 0 Å². The molecule has 2 aliphatic carbocycles. The van der Waals surface area contributed by atoms with E-state index in [-0.39, 0.29) is 0 Å². The van der Waals surface area contributed by atoms with E-state index in [1.54, 1.807) is 21.5 Å². The van der Waals surface area contributed by atoms with Crippen LogP contribution in [0.3, 0.4) is 0 Å². The van der Waals surface area contributed by atoms with Gasteiger partial charge in [0, 0.05) is 0 Å². The molecule has 1 heteroatoms. The van der Waals surface area contributed by atoms with Gasteiger partial charge in [-0.05, 0) is 41.2 Å². The van der Waals surface area contributed by atoms with Crippen molar-refractivity contribution in [3.63, 3.8) is 0 Å². The van der Waals surface area contributed by atoms with Gasteiger partial charge in [0.25, 0.3) is 0 Å². The molecule has 2 rings (SSSR count). The Balaban J connectivity index is 2.45. The molecule has 0 heterocycles. The van der Waals surface area contributed by atoms with E-state index >= 15 is 0 Å². The van der Waals surface area contributed by atoms with Gasteiger partial charge in [0.2, 0.25) is 0 Å². The van der Waals surface area contributed by atoms with Gasteiger partial charge in [0.1, 0.15) is 8.07 Å². The van der Waals surface area contributed by atoms with Crippen LogP contribution in [0.15, 0.2) is 45.8 Å². The molecule has 0 saturated heterocycles. The zero-order chi connectivity index (χ0) is 16.7. The predicted molar refractivity (Wildman–Crippen MR) is 102 cm³/mol. The summed E-state index contributed by atoms with van der Waals surface area (Å²) in [6.07, 6.45) is 11.1. The lowest BCUT2D eigenvalue weighted by Crippen LogP contribution is -2.36. The quantitative estimate of drug-likeness (QED) is 0.509. The second kappa shape index (κ2) is 6.35. The fourth-order valence-electron chi connectivity index (χ4n) is 3.98. The molecule has 0 saturated carbocycles. The number of allylic oxidation sites excluding steroid dienone is 8. The molecule has 1 atom stereocenters. The zero-order valence-corrected chi connectivity index (χ0v) is 16.8. The second-order valence-corrected chi connectivity index (χ2v) is 12.9. The summed E-state index contributed by atoms with van der Waals surface area (Å²) in [6.45, 7) is 19.3. The first-order chi connectivity index (χ1) is 10.2. The molecule has 22 heavy (non-hydrogen) atoms. The Morgan fingerprint density at radius 2 is 1.64 bits per heavy atom. The van der Waals surface area contributed by atoms with Gasteiger partial charge >= 0.3 is 0 Å².